The van der Waals surface area contributed by atoms with E-state index in [1.807, 2.05) is 0 Å². The molecule has 0 saturated carbocycles. The van der Waals surface area contributed by atoms with Crippen molar-refractivity contribution in [2.75, 3.05) is 19.8 Å². The van der Waals surface area contributed by atoms with Crippen LogP contribution in [0.25, 0.3) is 0 Å². The molecule has 0 heterocycles. The Hall–Kier alpha value is -1.14. The second kappa shape index (κ2) is 3.79. The smallest absolute Gasteiger partial charge is 0.242 e. The van der Waals surface area contributed by atoms with Gasteiger partial charge < -0.3 is 5.73 Å². The van der Waals surface area contributed by atoms with Crippen molar-refractivity contribution in [2.45, 2.75) is 11.8 Å². The molecule has 0 unspecified atom stereocenters. The molecule has 0 atom stereocenters. The lowest BCUT2D eigenvalue weighted by Gasteiger charge is -2.12. The van der Waals surface area contributed by atoms with Gasteiger partial charge in [-0.2, -0.15) is 0 Å². The molecule has 0 saturated heterocycles. The van der Waals surface area contributed by atoms with Crippen molar-refractivity contribution >= 4 is 15.7 Å². The molecule has 0 aliphatic carbocycles. The van der Waals surface area contributed by atoms with E-state index in [9.17, 15) is 12.8 Å². The van der Waals surface area contributed by atoms with Gasteiger partial charge in [-0.1, -0.05) is 0 Å². The summed E-state index contributed by atoms with van der Waals surface area (Å²) in [4.78, 5) is -0.131. The average Bonchev–Trinajstić information content (AvgIpc) is 2.13. The number of benzene rings is 1. The molecule has 84 valence electrons. The van der Waals surface area contributed by atoms with E-state index < -0.39 is 15.8 Å². The molecule has 0 spiro atoms. The zero-order valence-corrected chi connectivity index (χ0v) is 9.60. The maximum absolute atomic E-state index is 13.3. The lowest BCUT2D eigenvalue weighted by atomic mass is 10.2. The van der Waals surface area contributed by atoms with Gasteiger partial charge in [-0.05, 0) is 19.1 Å². The number of nitrogen functional groups attached to an aromatic ring is 1. The molecule has 0 amide bonds. The van der Waals surface area contributed by atoms with E-state index in [0.29, 0.717) is 0 Å². The molecule has 0 aromatic heterocycles. The van der Waals surface area contributed by atoms with Crippen molar-refractivity contribution < 1.29 is 12.8 Å². The highest BCUT2D eigenvalue weighted by Crippen LogP contribution is 2.22. The third-order valence-electron chi connectivity index (χ3n) is 2.14. The molecule has 0 aliphatic heterocycles. The third-order valence-corrected chi connectivity index (χ3v) is 3.93. The van der Waals surface area contributed by atoms with E-state index in [4.69, 9.17) is 5.73 Å². The van der Waals surface area contributed by atoms with Crippen LogP contribution in [0.1, 0.15) is 5.56 Å². The predicted molar refractivity (Wildman–Crippen MR) is 56.4 cm³/mol. The van der Waals surface area contributed by atoms with Crippen LogP contribution in [0.3, 0.4) is 0 Å². The van der Waals surface area contributed by atoms with Crippen LogP contribution in [0, 0.1) is 12.7 Å². The van der Waals surface area contributed by atoms with Crippen LogP contribution in [0.2, 0.25) is 0 Å². The first-order valence-electron chi connectivity index (χ1n) is 4.25. The Morgan fingerprint density at radius 2 is 1.87 bits per heavy atom. The van der Waals surface area contributed by atoms with Crippen LogP contribution in [0.5, 0.6) is 0 Å². The first kappa shape index (κ1) is 11.9. The fraction of sp³-hybridized carbons (Fsp3) is 0.333. The van der Waals surface area contributed by atoms with Crippen LogP contribution < -0.4 is 5.73 Å². The molecular weight excluding hydrogens is 219 g/mol. The van der Waals surface area contributed by atoms with Crippen molar-refractivity contribution in [1.29, 1.82) is 0 Å². The molecule has 1 aromatic rings. The van der Waals surface area contributed by atoms with Crippen molar-refractivity contribution in [3.63, 3.8) is 0 Å². The number of nitrogens with two attached hydrogens (primary N) is 1. The van der Waals surface area contributed by atoms with Crippen molar-refractivity contribution in [3.8, 4) is 0 Å². The maximum Gasteiger partial charge on any atom is 0.242 e. The van der Waals surface area contributed by atoms with Crippen LogP contribution in [-0.2, 0) is 10.0 Å². The van der Waals surface area contributed by atoms with Gasteiger partial charge in [0.15, 0.2) is 0 Å². The summed E-state index contributed by atoms with van der Waals surface area (Å²) >= 11 is 0. The summed E-state index contributed by atoms with van der Waals surface area (Å²) in [7, 11) is -0.869. The second-order valence-electron chi connectivity index (χ2n) is 3.41. The molecule has 15 heavy (non-hydrogen) atoms. The quantitative estimate of drug-likeness (QED) is 0.773. The minimum Gasteiger partial charge on any atom is -0.398 e. The topological polar surface area (TPSA) is 63.4 Å². The Kier molecular flexibility index (Phi) is 3.01. The van der Waals surface area contributed by atoms with E-state index in [0.717, 1.165) is 10.4 Å². The second-order valence-corrected chi connectivity index (χ2v) is 5.56. The van der Waals surface area contributed by atoms with E-state index in [1.165, 1.54) is 27.1 Å². The molecule has 6 heteroatoms. The van der Waals surface area contributed by atoms with Gasteiger partial charge in [-0.3, -0.25) is 0 Å². The fourth-order valence-electron chi connectivity index (χ4n) is 1.03. The van der Waals surface area contributed by atoms with Gasteiger partial charge >= 0.3 is 0 Å². The lowest BCUT2D eigenvalue weighted by molar-refractivity contribution is 0.519. The van der Waals surface area contributed by atoms with Gasteiger partial charge in [0.1, 0.15) is 5.82 Å². The Morgan fingerprint density at radius 1 is 1.33 bits per heavy atom. The number of hydrogen-bond donors (Lipinski definition) is 1. The normalized spacial score (nSPS) is 12.1. The number of halogens is 1. The van der Waals surface area contributed by atoms with Gasteiger partial charge in [0.25, 0.3) is 0 Å². The predicted octanol–water partition coefficient (Wildman–Crippen LogP) is 0.967. The Balaban J connectivity index is 3.42. The van der Waals surface area contributed by atoms with Gasteiger partial charge in [0.05, 0.1) is 4.90 Å². The summed E-state index contributed by atoms with van der Waals surface area (Å²) in [6, 6.07) is 2.23. The summed E-state index contributed by atoms with van der Waals surface area (Å²) in [6.45, 7) is 1.50. The molecule has 4 nitrogen and oxygen atoms in total. The largest absolute Gasteiger partial charge is 0.398 e. The van der Waals surface area contributed by atoms with Crippen LogP contribution in [0.4, 0.5) is 10.1 Å². The highest BCUT2D eigenvalue weighted by molar-refractivity contribution is 7.89. The minimum absolute atomic E-state index is 0.131. The molecule has 0 fully saturated rings. The Labute approximate surface area is 88.6 Å². The highest BCUT2D eigenvalue weighted by atomic mass is 32.2. The van der Waals surface area contributed by atoms with E-state index in [-0.39, 0.29) is 16.1 Å². The van der Waals surface area contributed by atoms with Gasteiger partial charge in [-0.25, -0.2) is 17.1 Å². The number of sulfonamides is 1. The summed E-state index contributed by atoms with van der Waals surface area (Å²) in [6.07, 6.45) is 0. The number of nitrogens with zero attached hydrogens (tertiary/aromatic N) is 1. The summed E-state index contributed by atoms with van der Waals surface area (Å²) in [5.74, 6) is -0.615. The summed E-state index contributed by atoms with van der Waals surface area (Å²) in [5, 5.41) is 0. The molecular formula is C9H13FN2O2S. The van der Waals surface area contributed by atoms with E-state index in [1.54, 1.807) is 0 Å². The first-order chi connectivity index (χ1) is 6.76. The Morgan fingerprint density at radius 3 is 2.27 bits per heavy atom. The molecule has 0 radical (unpaired) electrons. The lowest BCUT2D eigenvalue weighted by Crippen LogP contribution is -2.22. The van der Waals surface area contributed by atoms with Gasteiger partial charge in [-0.15, -0.1) is 0 Å². The van der Waals surface area contributed by atoms with Crippen LogP contribution >= 0.6 is 0 Å². The average molecular weight is 232 g/mol. The molecule has 0 bridgehead atoms. The number of rotatable bonds is 2. The monoisotopic (exact) mass is 232 g/mol. The standard InChI is InChI=1S/C9H13FN2O2S/c1-6-8(10)4-7(5-9(6)11)15(13,14)12(2)3/h4-5H,11H2,1-3H3. The number of hydrogen-bond acceptors (Lipinski definition) is 3. The minimum atomic E-state index is -3.63. The first-order valence-corrected chi connectivity index (χ1v) is 5.69. The Bertz CT molecular complexity index is 460. The molecule has 1 rings (SSSR count). The summed E-state index contributed by atoms with van der Waals surface area (Å²) in [5.41, 5.74) is 5.89. The van der Waals surface area contributed by atoms with Crippen molar-refractivity contribution in [1.82, 2.24) is 4.31 Å². The van der Waals surface area contributed by atoms with E-state index >= 15 is 0 Å². The fourth-order valence-corrected chi connectivity index (χ4v) is 1.98. The zero-order valence-electron chi connectivity index (χ0n) is 8.78. The highest BCUT2D eigenvalue weighted by Gasteiger charge is 2.19. The van der Waals surface area contributed by atoms with Crippen molar-refractivity contribution in [2.24, 2.45) is 0 Å². The maximum atomic E-state index is 13.3. The van der Waals surface area contributed by atoms with Crippen LogP contribution in [-0.4, -0.2) is 26.8 Å². The van der Waals surface area contributed by atoms with Gasteiger partial charge in [0.2, 0.25) is 10.0 Å². The molecule has 2 N–H and O–H groups in total. The van der Waals surface area contributed by atoms with Crippen LogP contribution in [0.15, 0.2) is 17.0 Å². The third kappa shape index (κ3) is 2.10. The molecule has 0 aliphatic rings. The number of anilines is 1. The summed E-state index contributed by atoms with van der Waals surface area (Å²) < 4.78 is 37.6. The van der Waals surface area contributed by atoms with Crippen molar-refractivity contribution in [3.05, 3.63) is 23.5 Å². The van der Waals surface area contributed by atoms with Gasteiger partial charge in [0, 0.05) is 25.3 Å². The zero-order chi connectivity index (χ0) is 11.8. The SMILES string of the molecule is Cc1c(N)cc(S(=O)(=O)N(C)C)cc1F. The molecule has 1 aromatic carbocycles. The van der Waals surface area contributed by atoms with E-state index in [2.05, 4.69) is 0 Å².